The molecule has 0 aromatic heterocycles. The number of hydrogen-bond donors (Lipinski definition) is 1. The van der Waals surface area contributed by atoms with Crippen LogP contribution in [0.3, 0.4) is 0 Å². The summed E-state index contributed by atoms with van der Waals surface area (Å²) >= 11 is 0. The first kappa shape index (κ1) is 21.7. The number of hydroxylamine groups is 2. The van der Waals surface area contributed by atoms with Crippen molar-refractivity contribution in [3.8, 4) is 22.9 Å². The molecule has 0 bridgehead atoms. The second kappa shape index (κ2) is 8.14. The van der Waals surface area contributed by atoms with Crippen molar-refractivity contribution in [1.29, 1.82) is 5.26 Å². The summed E-state index contributed by atoms with van der Waals surface area (Å²) < 4.78 is 6.68. The molecule has 2 N–H and O–H groups in total. The van der Waals surface area contributed by atoms with Crippen molar-refractivity contribution in [3.63, 3.8) is 0 Å². The number of fused-ring (bicyclic) bond motifs is 3. The Balaban J connectivity index is 1.45. The Kier molecular flexibility index (Phi) is 5.05. The van der Waals surface area contributed by atoms with Crippen LogP contribution in [-0.4, -0.2) is 24.2 Å². The minimum Gasteiger partial charge on any atom is -0.489 e. The number of aliphatic imine (C=N–C) groups is 1. The lowest BCUT2D eigenvalue weighted by molar-refractivity contribution is -0.192. The summed E-state index contributed by atoms with van der Waals surface area (Å²) in [4.78, 5) is 11.2. The lowest BCUT2D eigenvalue weighted by Gasteiger charge is -2.41. The van der Waals surface area contributed by atoms with Crippen LogP contribution in [0.25, 0.3) is 11.1 Å². The summed E-state index contributed by atoms with van der Waals surface area (Å²) in [5.41, 5.74) is 12.6. The van der Waals surface area contributed by atoms with E-state index in [9.17, 15) is 5.26 Å². The Hall–Kier alpha value is -3.82. The third-order valence-electron chi connectivity index (χ3n) is 7.47. The Labute approximate surface area is 205 Å². The first-order chi connectivity index (χ1) is 17.0. The molecule has 3 aromatic carbocycles. The molecule has 2 heterocycles. The third kappa shape index (κ3) is 3.64. The highest BCUT2D eigenvalue weighted by molar-refractivity contribution is 5.79. The van der Waals surface area contributed by atoms with E-state index in [1.54, 1.807) is 12.1 Å². The maximum absolute atomic E-state index is 9.45. The quantitative estimate of drug-likeness (QED) is 0.567. The molecular weight excluding hydrogens is 436 g/mol. The van der Waals surface area contributed by atoms with Gasteiger partial charge in [0.25, 0.3) is 0 Å². The molecule has 3 aliphatic rings. The monoisotopic (exact) mass is 464 g/mol. The fourth-order valence-corrected chi connectivity index (χ4v) is 5.86. The van der Waals surface area contributed by atoms with Crippen LogP contribution in [-0.2, 0) is 17.0 Å². The molecule has 0 fully saturated rings. The lowest BCUT2D eigenvalue weighted by atomic mass is 9.76. The molecule has 3 atom stereocenters. The summed E-state index contributed by atoms with van der Waals surface area (Å²) in [6, 6.07) is 23.0. The van der Waals surface area contributed by atoms with Crippen molar-refractivity contribution < 1.29 is 9.57 Å². The van der Waals surface area contributed by atoms with E-state index >= 15 is 0 Å². The number of nitrogens with two attached hydrogens (primary N) is 1. The Morgan fingerprint density at radius 2 is 1.97 bits per heavy atom. The summed E-state index contributed by atoms with van der Waals surface area (Å²) in [6.45, 7) is 2.00. The van der Waals surface area contributed by atoms with Crippen LogP contribution in [0.2, 0.25) is 0 Å². The molecule has 1 spiro atoms. The second-order valence-electron chi connectivity index (χ2n) is 9.81. The molecule has 176 valence electrons. The van der Waals surface area contributed by atoms with E-state index in [1.807, 2.05) is 31.2 Å². The SMILES string of the molecule is Cc1cc(C#N)cc(-c2ccc3c(c2)C2(CC(C4CCCc5ccccc54)O3)N=C(N)N(C)O2)c1. The molecule has 3 unspecified atom stereocenters. The van der Waals surface area contributed by atoms with Gasteiger partial charge in [-0.2, -0.15) is 5.26 Å². The minimum atomic E-state index is -0.943. The van der Waals surface area contributed by atoms with Crippen molar-refractivity contribution in [2.45, 2.75) is 50.4 Å². The van der Waals surface area contributed by atoms with Crippen LogP contribution in [0, 0.1) is 18.3 Å². The Morgan fingerprint density at radius 3 is 2.77 bits per heavy atom. The Morgan fingerprint density at radius 1 is 1.11 bits per heavy atom. The summed E-state index contributed by atoms with van der Waals surface area (Å²) in [7, 11) is 1.79. The van der Waals surface area contributed by atoms with Crippen molar-refractivity contribution in [2.75, 3.05) is 7.05 Å². The van der Waals surface area contributed by atoms with E-state index in [1.165, 1.54) is 11.1 Å². The first-order valence-electron chi connectivity index (χ1n) is 12.1. The van der Waals surface area contributed by atoms with Crippen LogP contribution in [0.1, 0.15) is 53.0 Å². The molecule has 35 heavy (non-hydrogen) atoms. The zero-order valence-electron chi connectivity index (χ0n) is 20.0. The number of aryl methyl sites for hydroxylation is 2. The summed E-state index contributed by atoms with van der Waals surface area (Å²) in [5.74, 6) is 1.40. The smallest absolute Gasteiger partial charge is 0.221 e. The highest BCUT2D eigenvalue weighted by atomic mass is 16.7. The second-order valence-corrected chi connectivity index (χ2v) is 9.81. The maximum Gasteiger partial charge on any atom is 0.221 e. The molecule has 6 rings (SSSR count). The van der Waals surface area contributed by atoms with E-state index in [2.05, 4.69) is 42.5 Å². The molecule has 0 saturated heterocycles. The van der Waals surface area contributed by atoms with Gasteiger partial charge in [-0.25, -0.2) is 14.9 Å². The van der Waals surface area contributed by atoms with Crippen molar-refractivity contribution in [3.05, 3.63) is 88.5 Å². The van der Waals surface area contributed by atoms with Gasteiger partial charge in [0.05, 0.1) is 17.2 Å². The van der Waals surface area contributed by atoms with Crippen LogP contribution >= 0.6 is 0 Å². The van der Waals surface area contributed by atoms with Crippen molar-refractivity contribution in [2.24, 2.45) is 10.7 Å². The third-order valence-corrected chi connectivity index (χ3v) is 7.47. The normalized spacial score (nSPS) is 24.8. The minimum absolute atomic E-state index is 0.0815. The Bertz CT molecular complexity index is 1390. The molecular formula is C29H28N4O2. The fraction of sp³-hybridized carbons (Fsp3) is 0.310. The number of ether oxygens (including phenoxy) is 1. The van der Waals surface area contributed by atoms with Gasteiger partial charge in [-0.3, -0.25) is 0 Å². The zero-order chi connectivity index (χ0) is 24.2. The standard InChI is InChI=1S/C29H28N4O2/c1-18-12-19(17-30)14-22(13-18)21-10-11-26-25(15-21)29(32-28(31)33(2)35-29)16-27(34-26)24-9-5-7-20-6-3-4-8-23(20)24/h3-4,6,8,10-15,24,27H,5,7,9,16H2,1-2H3,(H2,31,32). The predicted molar refractivity (Wildman–Crippen MR) is 135 cm³/mol. The van der Waals surface area contributed by atoms with Gasteiger partial charge in [0.2, 0.25) is 11.7 Å². The van der Waals surface area contributed by atoms with Crippen LogP contribution < -0.4 is 10.5 Å². The van der Waals surface area contributed by atoms with Crippen LogP contribution in [0.5, 0.6) is 5.75 Å². The van der Waals surface area contributed by atoms with Gasteiger partial charge in [0.1, 0.15) is 11.9 Å². The molecule has 6 nitrogen and oxygen atoms in total. The van der Waals surface area contributed by atoms with E-state index in [0.29, 0.717) is 17.9 Å². The van der Waals surface area contributed by atoms with E-state index in [-0.39, 0.29) is 12.0 Å². The number of hydrogen-bond acceptors (Lipinski definition) is 6. The lowest BCUT2D eigenvalue weighted by Crippen LogP contribution is -2.42. The highest BCUT2D eigenvalue weighted by Gasteiger charge is 2.50. The number of guanidine groups is 1. The van der Waals surface area contributed by atoms with Gasteiger partial charge in [-0.05, 0) is 78.3 Å². The van der Waals surface area contributed by atoms with Gasteiger partial charge in [-0.1, -0.05) is 36.4 Å². The fourth-order valence-electron chi connectivity index (χ4n) is 5.86. The average molecular weight is 465 g/mol. The van der Waals surface area contributed by atoms with Gasteiger partial charge >= 0.3 is 0 Å². The number of nitrogens with zero attached hydrogens (tertiary/aromatic N) is 3. The average Bonchev–Trinajstić information content (AvgIpc) is 3.15. The van der Waals surface area contributed by atoms with Gasteiger partial charge in [0.15, 0.2) is 0 Å². The molecule has 0 amide bonds. The molecule has 0 radical (unpaired) electrons. The van der Waals surface area contributed by atoms with E-state index in [4.69, 9.17) is 20.3 Å². The molecule has 3 aromatic rings. The molecule has 0 saturated carbocycles. The van der Waals surface area contributed by atoms with E-state index in [0.717, 1.165) is 47.3 Å². The molecule has 6 heteroatoms. The van der Waals surface area contributed by atoms with E-state index < -0.39 is 5.72 Å². The van der Waals surface area contributed by atoms with Gasteiger partial charge in [0, 0.05) is 19.4 Å². The maximum atomic E-state index is 9.45. The molecule has 1 aliphatic carbocycles. The van der Waals surface area contributed by atoms with Gasteiger partial charge in [-0.15, -0.1) is 0 Å². The van der Waals surface area contributed by atoms with Crippen molar-refractivity contribution in [1.82, 2.24) is 5.06 Å². The number of benzene rings is 3. The summed E-state index contributed by atoms with van der Waals surface area (Å²) in [6.07, 6.45) is 3.81. The number of nitriles is 1. The molecule has 2 aliphatic heterocycles. The highest BCUT2D eigenvalue weighted by Crippen LogP contribution is 2.51. The largest absolute Gasteiger partial charge is 0.489 e. The van der Waals surface area contributed by atoms with Crippen molar-refractivity contribution >= 4 is 5.96 Å². The zero-order valence-corrected chi connectivity index (χ0v) is 20.0. The predicted octanol–water partition coefficient (Wildman–Crippen LogP) is 5.15. The van der Waals surface area contributed by atoms with Crippen LogP contribution in [0.4, 0.5) is 0 Å². The van der Waals surface area contributed by atoms with Crippen LogP contribution in [0.15, 0.2) is 65.7 Å². The number of rotatable bonds is 2. The first-order valence-corrected chi connectivity index (χ1v) is 12.1. The van der Waals surface area contributed by atoms with Gasteiger partial charge < -0.3 is 10.5 Å². The topological polar surface area (TPSA) is 83.9 Å². The summed E-state index contributed by atoms with van der Waals surface area (Å²) in [5, 5.41) is 11.0.